The first-order chi connectivity index (χ1) is 7.70. The van der Waals surface area contributed by atoms with Crippen LogP contribution in [0.5, 0.6) is 0 Å². The third-order valence-electron chi connectivity index (χ3n) is 2.49. The highest BCUT2D eigenvalue weighted by molar-refractivity contribution is 9.10. The molecule has 0 bridgehead atoms. The van der Waals surface area contributed by atoms with E-state index in [1.807, 2.05) is 19.1 Å². The molecular weight excluding hydrogens is 270 g/mol. The van der Waals surface area contributed by atoms with Gasteiger partial charge in [0.1, 0.15) is 6.10 Å². The van der Waals surface area contributed by atoms with E-state index in [-0.39, 0.29) is 12.2 Å². The Hall–Kier alpha value is -0.890. The number of hydrogen-bond acceptors (Lipinski definition) is 2. The van der Waals surface area contributed by atoms with Crippen LogP contribution in [0.25, 0.3) is 4.85 Å². The Morgan fingerprint density at radius 1 is 1.69 bits per heavy atom. The summed E-state index contributed by atoms with van der Waals surface area (Å²) in [7, 11) is 0. The zero-order chi connectivity index (χ0) is 11.5. The first-order valence-electron chi connectivity index (χ1n) is 5.11. The molecule has 2 atom stereocenters. The monoisotopic (exact) mass is 281 g/mol. The molecule has 4 heteroatoms. The van der Waals surface area contributed by atoms with Crippen molar-refractivity contribution in [2.24, 2.45) is 0 Å². The van der Waals surface area contributed by atoms with Crippen molar-refractivity contribution < 1.29 is 9.47 Å². The standard InChI is InChI=1S/C12H12BrNO2/c1-8(15-6-10-7-16-10)11-4-3-9(14-2)5-12(11)13/h3-5,8,10H,6-7H2,1H3/t8-,10+/m1/s1. The predicted octanol–water partition coefficient (Wildman–Crippen LogP) is 3.48. The van der Waals surface area contributed by atoms with Gasteiger partial charge in [0.2, 0.25) is 0 Å². The van der Waals surface area contributed by atoms with E-state index in [2.05, 4.69) is 20.8 Å². The second kappa shape index (κ2) is 4.96. The van der Waals surface area contributed by atoms with E-state index < -0.39 is 0 Å². The van der Waals surface area contributed by atoms with Gasteiger partial charge < -0.3 is 9.47 Å². The van der Waals surface area contributed by atoms with Crippen molar-refractivity contribution in [2.45, 2.75) is 19.1 Å². The van der Waals surface area contributed by atoms with Crippen LogP contribution in [-0.2, 0) is 9.47 Å². The maximum absolute atomic E-state index is 6.92. The summed E-state index contributed by atoms with van der Waals surface area (Å²) >= 11 is 3.46. The first kappa shape index (κ1) is 11.6. The van der Waals surface area contributed by atoms with Gasteiger partial charge in [-0.1, -0.05) is 28.1 Å². The lowest BCUT2D eigenvalue weighted by Gasteiger charge is -2.14. The lowest BCUT2D eigenvalue weighted by atomic mass is 10.1. The van der Waals surface area contributed by atoms with Crippen LogP contribution in [0.2, 0.25) is 0 Å². The predicted molar refractivity (Wildman–Crippen MR) is 64.5 cm³/mol. The minimum Gasteiger partial charge on any atom is -0.371 e. The summed E-state index contributed by atoms with van der Waals surface area (Å²) < 4.78 is 11.7. The lowest BCUT2D eigenvalue weighted by Crippen LogP contribution is -2.06. The average Bonchev–Trinajstić information content (AvgIpc) is 3.09. The van der Waals surface area contributed by atoms with Gasteiger partial charge in [0.25, 0.3) is 0 Å². The van der Waals surface area contributed by atoms with Crippen LogP contribution in [0.3, 0.4) is 0 Å². The van der Waals surface area contributed by atoms with E-state index in [0.717, 1.165) is 16.6 Å². The molecule has 0 spiro atoms. The molecule has 0 unspecified atom stereocenters. The Bertz CT molecular complexity index is 424. The van der Waals surface area contributed by atoms with Crippen molar-refractivity contribution in [3.05, 3.63) is 39.7 Å². The van der Waals surface area contributed by atoms with E-state index in [4.69, 9.17) is 16.0 Å². The highest BCUT2D eigenvalue weighted by atomic mass is 79.9. The molecule has 1 heterocycles. The molecule has 1 saturated heterocycles. The van der Waals surface area contributed by atoms with Crippen LogP contribution in [0.15, 0.2) is 22.7 Å². The molecule has 16 heavy (non-hydrogen) atoms. The van der Waals surface area contributed by atoms with E-state index in [0.29, 0.717) is 12.3 Å². The summed E-state index contributed by atoms with van der Waals surface area (Å²) in [6.07, 6.45) is 0.294. The molecule has 2 rings (SSSR count). The Balaban J connectivity index is 2.03. The first-order valence-corrected chi connectivity index (χ1v) is 5.90. The second-order valence-electron chi connectivity index (χ2n) is 3.75. The topological polar surface area (TPSA) is 26.1 Å². The van der Waals surface area contributed by atoms with Crippen LogP contribution in [0, 0.1) is 6.57 Å². The van der Waals surface area contributed by atoms with Crippen LogP contribution in [-0.4, -0.2) is 19.3 Å². The SMILES string of the molecule is [C-]#[N+]c1ccc([C@@H](C)OC[C@H]2CO2)c(Br)c1. The molecule has 3 nitrogen and oxygen atoms in total. The van der Waals surface area contributed by atoms with Crippen molar-refractivity contribution in [2.75, 3.05) is 13.2 Å². The molecular formula is C12H12BrNO2. The lowest BCUT2D eigenvalue weighted by molar-refractivity contribution is 0.0535. The van der Waals surface area contributed by atoms with Crippen LogP contribution in [0.1, 0.15) is 18.6 Å². The second-order valence-corrected chi connectivity index (χ2v) is 4.60. The van der Waals surface area contributed by atoms with Gasteiger partial charge in [-0.25, -0.2) is 4.85 Å². The Morgan fingerprint density at radius 2 is 2.44 bits per heavy atom. The molecule has 1 aromatic rings. The quantitative estimate of drug-likeness (QED) is 0.624. The van der Waals surface area contributed by atoms with Gasteiger partial charge in [0, 0.05) is 4.47 Å². The fourth-order valence-electron chi connectivity index (χ4n) is 1.42. The third kappa shape index (κ3) is 2.82. The molecule has 0 amide bonds. The molecule has 0 N–H and O–H groups in total. The number of nitrogens with zero attached hydrogens (tertiary/aromatic N) is 1. The molecule has 1 aromatic carbocycles. The van der Waals surface area contributed by atoms with Crippen LogP contribution >= 0.6 is 15.9 Å². The molecule has 0 aromatic heterocycles. The van der Waals surface area contributed by atoms with E-state index >= 15 is 0 Å². The number of ether oxygens (including phenoxy) is 2. The number of halogens is 1. The number of epoxide rings is 1. The maximum Gasteiger partial charge on any atom is 0.188 e. The Kier molecular flexibility index (Phi) is 3.59. The van der Waals surface area contributed by atoms with Crippen molar-refractivity contribution in [1.29, 1.82) is 0 Å². The number of hydrogen-bond donors (Lipinski definition) is 0. The Morgan fingerprint density at radius 3 is 3.00 bits per heavy atom. The smallest absolute Gasteiger partial charge is 0.188 e. The zero-order valence-corrected chi connectivity index (χ0v) is 10.5. The van der Waals surface area contributed by atoms with Crippen LogP contribution in [0.4, 0.5) is 5.69 Å². The fraction of sp³-hybridized carbons (Fsp3) is 0.417. The molecule has 1 fully saturated rings. The minimum absolute atomic E-state index is 0.0124. The maximum atomic E-state index is 6.92. The van der Waals surface area contributed by atoms with E-state index in [1.165, 1.54) is 0 Å². The minimum atomic E-state index is 0.0124. The number of benzene rings is 1. The normalized spacial score (nSPS) is 20.2. The van der Waals surface area contributed by atoms with Gasteiger partial charge in [-0.05, 0) is 18.6 Å². The molecule has 84 valence electrons. The molecule has 1 aliphatic rings. The van der Waals surface area contributed by atoms with Gasteiger partial charge in [-0.2, -0.15) is 0 Å². The van der Waals surface area contributed by atoms with Gasteiger partial charge in [0.05, 0.1) is 25.9 Å². The Labute approximate surface area is 103 Å². The van der Waals surface area contributed by atoms with Crippen molar-refractivity contribution in [3.63, 3.8) is 0 Å². The molecule has 0 saturated carbocycles. The summed E-state index contributed by atoms with van der Waals surface area (Å²) in [5.74, 6) is 0. The summed E-state index contributed by atoms with van der Waals surface area (Å²) in [6, 6.07) is 5.55. The summed E-state index contributed by atoms with van der Waals surface area (Å²) in [4.78, 5) is 3.38. The van der Waals surface area contributed by atoms with Crippen molar-refractivity contribution in [3.8, 4) is 0 Å². The van der Waals surface area contributed by atoms with Crippen molar-refractivity contribution in [1.82, 2.24) is 0 Å². The third-order valence-corrected chi connectivity index (χ3v) is 3.17. The summed E-state index contributed by atoms with van der Waals surface area (Å²) in [5.41, 5.74) is 1.70. The molecule has 1 aliphatic heterocycles. The highest BCUT2D eigenvalue weighted by Crippen LogP contribution is 2.30. The fourth-order valence-corrected chi connectivity index (χ4v) is 2.11. The largest absolute Gasteiger partial charge is 0.371 e. The summed E-state index contributed by atoms with van der Waals surface area (Å²) in [6.45, 7) is 10.4. The zero-order valence-electron chi connectivity index (χ0n) is 8.94. The average molecular weight is 282 g/mol. The van der Waals surface area contributed by atoms with E-state index in [1.54, 1.807) is 6.07 Å². The van der Waals surface area contributed by atoms with Crippen molar-refractivity contribution >= 4 is 21.6 Å². The van der Waals surface area contributed by atoms with Gasteiger partial charge in [-0.15, -0.1) is 0 Å². The summed E-state index contributed by atoms with van der Waals surface area (Å²) in [5, 5.41) is 0. The molecule has 0 aliphatic carbocycles. The molecule has 0 radical (unpaired) electrons. The highest BCUT2D eigenvalue weighted by Gasteiger charge is 2.24. The van der Waals surface area contributed by atoms with Gasteiger partial charge in [0.15, 0.2) is 5.69 Å². The van der Waals surface area contributed by atoms with E-state index in [9.17, 15) is 0 Å². The van der Waals surface area contributed by atoms with Crippen LogP contribution < -0.4 is 0 Å². The number of rotatable bonds is 4. The van der Waals surface area contributed by atoms with Gasteiger partial charge in [-0.3, -0.25) is 0 Å². The van der Waals surface area contributed by atoms with Gasteiger partial charge >= 0.3 is 0 Å².